The molecule has 0 N–H and O–H groups in total. The van der Waals surface area contributed by atoms with Crippen LogP contribution in [0.2, 0.25) is 0 Å². The van der Waals surface area contributed by atoms with E-state index in [0.29, 0.717) is 6.54 Å². The lowest BCUT2D eigenvalue weighted by atomic mass is 10.2. The van der Waals surface area contributed by atoms with Gasteiger partial charge in [-0.25, -0.2) is 4.98 Å². The average molecular weight is 409 g/mol. The monoisotopic (exact) mass is 408 g/mol. The summed E-state index contributed by atoms with van der Waals surface area (Å²) in [6.07, 6.45) is 0. The lowest BCUT2D eigenvalue weighted by molar-refractivity contribution is -0.124. The van der Waals surface area contributed by atoms with Crippen molar-refractivity contribution in [2.45, 2.75) is 26.4 Å². The van der Waals surface area contributed by atoms with Gasteiger partial charge in [-0.1, -0.05) is 30.3 Å². The first kappa shape index (κ1) is 20.0. The molecule has 1 saturated heterocycles. The van der Waals surface area contributed by atoms with Crippen LogP contribution in [0.3, 0.4) is 0 Å². The van der Waals surface area contributed by atoms with E-state index in [1.165, 1.54) is 9.71 Å². The molecular formula is C23H28N4OS. The van der Waals surface area contributed by atoms with Crippen LogP contribution in [0.4, 0.5) is 5.69 Å². The maximum atomic E-state index is 13.1. The van der Waals surface area contributed by atoms with Crippen LogP contribution in [0, 0.1) is 0 Å². The van der Waals surface area contributed by atoms with Gasteiger partial charge in [0.1, 0.15) is 5.01 Å². The highest BCUT2D eigenvalue weighted by Crippen LogP contribution is 2.23. The maximum absolute atomic E-state index is 13.1. The Balaban J connectivity index is 1.34. The standard InChI is InChI=1S/C23H28N4OS/c1-3-27(19-9-5-4-6-10-19)23(28)18(2)26-15-13-25(14-16-26)17-22-24-20-11-7-8-12-21(20)29-22/h4-12,18H,3,13-17H2,1-2H3/t18-/m1/s1. The van der Waals surface area contributed by atoms with Crippen molar-refractivity contribution < 1.29 is 4.79 Å². The highest BCUT2D eigenvalue weighted by Gasteiger charge is 2.29. The third kappa shape index (κ3) is 4.50. The topological polar surface area (TPSA) is 39.7 Å². The SMILES string of the molecule is CCN(C(=O)[C@@H](C)N1CCN(Cc2nc3ccccc3s2)CC1)c1ccccc1. The van der Waals surface area contributed by atoms with E-state index in [1.807, 2.05) is 55.1 Å². The van der Waals surface area contributed by atoms with Crippen LogP contribution in [0.5, 0.6) is 0 Å². The molecule has 3 aromatic rings. The van der Waals surface area contributed by atoms with Crippen LogP contribution in [-0.2, 0) is 11.3 Å². The Kier molecular flexibility index (Phi) is 6.23. The van der Waals surface area contributed by atoms with E-state index in [4.69, 9.17) is 4.98 Å². The number of aromatic nitrogens is 1. The fourth-order valence-corrected chi connectivity index (χ4v) is 4.95. The maximum Gasteiger partial charge on any atom is 0.244 e. The van der Waals surface area contributed by atoms with Crippen LogP contribution >= 0.6 is 11.3 Å². The molecule has 0 bridgehead atoms. The molecule has 1 aliphatic rings. The molecule has 6 heteroatoms. The Bertz CT molecular complexity index is 917. The number of fused-ring (bicyclic) bond motifs is 1. The molecular weight excluding hydrogens is 380 g/mol. The molecule has 29 heavy (non-hydrogen) atoms. The predicted octanol–water partition coefficient (Wildman–Crippen LogP) is 3.86. The van der Waals surface area contributed by atoms with E-state index in [9.17, 15) is 4.79 Å². The Morgan fingerprint density at radius 1 is 1.07 bits per heavy atom. The second-order valence-electron chi connectivity index (χ2n) is 7.48. The number of carbonyl (C=O) groups is 1. The molecule has 0 radical (unpaired) electrons. The molecule has 1 aliphatic heterocycles. The second kappa shape index (κ2) is 9.03. The fraction of sp³-hybridized carbons (Fsp3) is 0.391. The fourth-order valence-electron chi connectivity index (χ4n) is 3.94. The molecule has 0 unspecified atom stereocenters. The molecule has 5 nitrogen and oxygen atoms in total. The van der Waals surface area contributed by atoms with Crippen molar-refractivity contribution >= 4 is 33.1 Å². The molecule has 2 aromatic carbocycles. The summed E-state index contributed by atoms with van der Waals surface area (Å²) in [7, 11) is 0. The minimum Gasteiger partial charge on any atom is -0.311 e. The minimum absolute atomic E-state index is 0.111. The third-order valence-corrected chi connectivity index (χ3v) is 6.68. The predicted molar refractivity (Wildman–Crippen MR) is 120 cm³/mol. The van der Waals surface area contributed by atoms with Gasteiger partial charge in [0.25, 0.3) is 0 Å². The number of piperazine rings is 1. The number of anilines is 1. The smallest absolute Gasteiger partial charge is 0.244 e. The van der Waals surface area contributed by atoms with Gasteiger partial charge in [-0.15, -0.1) is 11.3 Å². The summed E-state index contributed by atoms with van der Waals surface area (Å²) in [5, 5.41) is 1.17. The minimum atomic E-state index is -0.111. The Labute approximate surface area is 176 Å². The number of hydrogen-bond acceptors (Lipinski definition) is 5. The van der Waals surface area contributed by atoms with Gasteiger partial charge in [-0.2, -0.15) is 0 Å². The first-order valence-corrected chi connectivity index (χ1v) is 11.1. The Hall–Kier alpha value is -2.28. The van der Waals surface area contributed by atoms with Crippen LogP contribution in [-0.4, -0.2) is 59.5 Å². The molecule has 1 aromatic heterocycles. The van der Waals surface area contributed by atoms with Gasteiger partial charge in [-0.05, 0) is 38.1 Å². The van der Waals surface area contributed by atoms with Crippen molar-refractivity contribution in [1.29, 1.82) is 0 Å². The Morgan fingerprint density at radius 3 is 2.45 bits per heavy atom. The van der Waals surface area contributed by atoms with Gasteiger partial charge in [0, 0.05) is 38.4 Å². The zero-order chi connectivity index (χ0) is 20.2. The number of benzene rings is 2. The summed E-state index contributed by atoms with van der Waals surface area (Å²) < 4.78 is 1.25. The number of nitrogens with zero attached hydrogens (tertiary/aromatic N) is 4. The van der Waals surface area contributed by atoms with Crippen LogP contribution in [0.25, 0.3) is 10.2 Å². The van der Waals surface area contributed by atoms with E-state index >= 15 is 0 Å². The molecule has 1 amide bonds. The molecule has 4 rings (SSSR count). The van der Waals surface area contributed by atoms with Crippen LogP contribution in [0.15, 0.2) is 54.6 Å². The van der Waals surface area contributed by atoms with Crippen molar-refractivity contribution in [1.82, 2.24) is 14.8 Å². The lowest BCUT2D eigenvalue weighted by Gasteiger charge is -2.38. The van der Waals surface area contributed by atoms with Gasteiger partial charge in [0.05, 0.1) is 22.8 Å². The van der Waals surface area contributed by atoms with Crippen molar-refractivity contribution in [2.24, 2.45) is 0 Å². The van der Waals surface area contributed by atoms with Gasteiger partial charge in [-0.3, -0.25) is 14.6 Å². The number of carbonyl (C=O) groups excluding carboxylic acids is 1. The van der Waals surface area contributed by atoms with Crippen molar-refractivity contribution in [2.75, 3.05) is 37.6 Å². The average Bonchev–Trinajstić information content (AvgIpc) is 3.17. The van der Waals surface area contributed by atoms with Gasteiger partial charge in [0.15, 0.2) is 0 Å². The highest BCUT2D eigenvalue weighted by molar-refractivity contribution is 7.18. The molecule has 1 atom stereocenters. The molecule has 1 fully saturated rings. The number of likely N-dealkylation sites (N-methyl/N-ethyl adjacent to an activating group) is 1. The number of thiazole rings is 1. The van der Waals surface area contributed by atoms with Crippen molar-refractivity contribution in [3.05, 3.63) is 59.6 Å². The molecule has 0 saturated carbocycles. The number of para-hydroxylation sites is 2. The van der Waals surface area contributed by atoms with Crippen LogP contribution in [0.1, 0.15) is 18.9 Å². The van der Waals surface area contributed by atoms with E-state index in [-0.39, 0.29) is 11.9 Å². The first-order valence-electron chi connectivity index (χ1n) is 10.3. The second-order valence-corrected chi connectivity index (χ2v) is 8.60. The molecule has 152 valence electrons. The highest BCUT2D eigenvalue weighted by atomic mass is 32.1. The summed E-state index contributed by atoms with van der Waals surface area (Å²) in [5.41, 5.74) is 2.06. The summed E-state index contributed by atoms with van der Waals surface area (Å²) in [4.78, 5) is 24.5. The van der Waals surface area contributed by atoms with E-state index in [2.05, 4.69) is 28.0 Å². The zero-order valence-electron chi connectivity index (χ0n) is 17.1. The third-order valence-electron chi connectivity index (χ3n) is 5.66. The van der Waals surface area contributed by atoms with Gasteiger partial charge >= 0.3 is 0 Å². The van der Waals surface area contributed by atoms with E-state index in [1.54, 1.807) is 11.3 Å². The summed E-state index contributed by atoms with van der Waals surface area (Å²) in [5.74, 6) is 0.179. The van der Waals surface area contributed by atoms with Gasteiger partial charge in [0.2, 0.25) is 5.91 Å². The molecule has 2 heterocycles. The quantitative estimate of drug-likeness (QED) is 0.621. The number of rotatable bonds is 6. The van der Waals surface area contributed by atoms with Crippen molar-refractivity contribution in [3.63, 3.8) is 0 Å². The lowest BCUT2D eigenvalue weighted by Crippen LogP contribution is -2.54. The largest absolute Gasteiger partial charge is 0.311 e. The molecule has 0 aliphatic carbocycles. The normalized spacial score (nSPS) is 16.8. The number of hydrogen-bond donors (Lipinski definition) is 0. The summed E-state index contributed by atoms with van der Waals surface area (Å²) in [6.45, 7) is 9.39. The molecule has 0 spiro atoms. The zero-order valence-corrected chi connectivity index (χ0v) is 17.9. The van der Waals surface area contributed by atoms with E-state index in [0.717, 1.165) is 43.9 Å². The van der Waals surface area contributed by atoms with Crippen LogP contribution < -0.4 is 4.90 Å². The first-order chi connectivity index (χ1) is 14.2. The summed E-state index contributed by atoms with van der Waals surface area (Å²) >= 11 is 1.78. The van der Waals surface area contributed by atoms with Crippen molar-refractivity contribution in [3.8, 4) is 0 Å². The number of amides is 1. The van der Waals surface area contributed by atoms with E-state index < -0.39 is 0 Å². The van der Waals surface area contributed by atoms with Gasteiger partial charge < -0.3 is 4.90 Å². The Morgan fingerprint density at radius 2 is 1.76 bits per heavy atom. The summed E-state index contributed by atoms with van der Waals surface area (Å²) in [6, 6.07) is 18.2.